The highest BCUT2D eigenvalue weighted by Gasteiger charge is 2.22. The van der Waals surface area contributed by atoms with Crippen LogP contribution in [0.25, 0.3) is 0 Å². The van der Waals surface area contributed by atoms with Crippen molar-refractivity contribution in [3.05, 3.63) is 0 Å². The first-order chi connectivity index (χ1) is 11.2. The van der Waals surface area contributed by atoms with E-state index in [1.807, 2.05) is 13.8 Å². The molecule has 9 nitrogen and oxygen atoms in total. The number of hydrogen-bond acceptors (Lipinski definition) is 6. The molecule has 0 aromatic carbocycles. The first-order valence-electron chi connectivity index (χ1n) is 8.09. The van der Waals surface area contributed by atoms with Crippen LogP contribution in [0.2, 0.25) is 0 Å². The number of hydrogen-bond donors (Lipinski definition) is 5. The number of amides is 2. The Morgan fingerprint density at radius 1 is 1.25 bits per heavy atom. The molecule has 0 fully saturated rings. The number of hydrazine groups is 1. The van der Waals surface area contributed by atoms with E-state index in [4.69, 9.17) is 10.8 Å². The summed E-state index contributed by atoms with van der Waals surface area (Å²) in [6.45, 7) is 4.08. The summed E-state index contributed by atoms with van der Waals surface area (Å²) in [7, 11) is 3.18. The number of aliphatic carboxylic acids is 1. The normalized spacial score (nSPS) is 13.6. The van der Waals surface area contributed by atoms with Crippen molar-refractivity contribution < 1.29 is 19.5 Å². The highest BCUT2D eigenvalue weighted by Crippen LogP contribution is 2.06. The van der Waals surface area contributed by atoms with Crippen molar-refractivity contribution in [2.45, 2.75) is 45.2 Å². The van der Waals surface area contributed by atoms with Gasteiger partial charge in [-0.3, -0.25) is 19.8 Å². The number of carbonyl (C=O) groups excluding carboxylic acids is 2. The fourth-order valence-corrected chi connectivity index (χ4v) is 2.28. The molecular weight excluding hydrogens is 314 g/mol. The fraction of sp³-hybridized carbons (Fsp3) is 0.800. The molecule has 0 aliphatic heterocycles. The molecular formula is C15H31N5O4. The van der Waals surface area contributed by atoms with Gasteiger partial charge >= 0.3 is 5.97 Å². The number of carboxylic acid groups (broad SMARTS) is 1. The highest BCUT2D eigenvalue weighted by molar-refractivity contribution is 5.83. The molecule has 0 radical (unpaired) electrons. The molecule has 6 N–H and O–H groups in total. The molecule has 0 rings (SSSR count). The van der Waals surface area contributed by atoms with Gasteiger partial charge in [-0.25, -0.2) is 5.01 Å². The smallest absolute Gasteiger partial charge is 0.319 e. The Labute approximate surface area is 143 Å². The van der Waals surface area contributed by atoms with Crippen molar-refractivity contribution >= 4 is 17.8 Å². The van der Waals surface area contributed by atoms with Crippen LogP contribution in [0.3, 0.4) is 0 Å². The van der Waals surface area contributed by atoms with Crippen molar-refractivity contribution in [2.24, 2.45) is 11.7 Å². The molecule has 0 saturated carbocycles. The van der Waals surface area contributed by atoms with Crippen LogP contribution >= 0.6 is 0 Å². The SMILES string of the molecule is CN[C@@H](CC(C)C)C(=O)N[C@@H](CCN)CC(=O)NN(C)CC(=O)O. The van der Waals surface area contributed by atoms with Gasteiger partial charge in [-0.1, -0.05) is 13.8 Å². The standard InChI is InChI=1S/C15H31N5O4/c1-10(2)7-12(17-3)15(24)18-11(5-6-16)8-13(21)19-20(4)9-14(22)23/h10-12,17H,5-9,16H2,1-4H3,(H,18,24)(H,19,21)(H,22,23)/t11-,12-/m0/s1. The molecule has 140 valence electrons. The molecule has 0 spiro atoms. The van der Waals surface area contributed by atoms with Crippen LogP contribution in [-0.2, 0) is 14.4 Å². The van der Waals surface area contributed by atoms with E-state index in [1.54, 1.807) is 7.05 Å². The van der Waals surface area contributed by atoms with E-state index in [0.717, 1.165) is 0 Å². The molecule has 2 amide bonds. The summed E-state index contributed by atoms with van der Waals surface area (Å²) in [4.78, 5) is 34.9. The average Bonchev–Trinajstić information content (AvgIpc) is 2.43. The van der Waals surface area contributed by atoms with Crippen molar-refractivity contribution in [3.8, 4) is 0 Å². The van der Waals surface area contributed by atoms with Crippen molar-refractivity contribution in [2.75, 3.05) is 27.2 Å². The third-order valence-corrected chi connectivity index (χ3v) is 3.35. The second-order valence-corrected chi connectivity index (χ2v) is 6.24. The van der Waals surface area contributed by atoms with Crippen LogP contribution < -0.4 is 21.8 Å². The summed E-state index contributed by atoms with van der Waals surface area (Å²) in [6, 6.07) is -0.730. The maximum absolute atomic E-state index is 12.3. The maximum atomic E-state index is 12.3. The van der Waals surface area contributed by atoms with Crippen LogP contribution in [-0.4, -0.2) is 67.2 Å². The molecule has 0 aromatic heterocycles. The van der Waals surface area contributed by atoms with Gasteiger partial charge in [0.1, 0.15) is 6.54 Å². The zero-order valence-corrected chi connectivity index (χ0v) is 15.0. The predicted molar refractivity (Wildman–Crippen MR) is 90.9 cm³/mol. The molecule has 0 unspecified atom stereocenters. The lowest BCUT2D eigenvalue weighted by molar-refractivity contribution is -0.139. The minimum Gasteiger partial charge on any atom is -0.480 e. The molecule has 0 aromatic rings. The Kier molecular flexibility index (Phi) is 10.9. The summed E-state index contributed by atoms with van der Waals surface area (Å²) in [5, 5.41) is 15.7. The molecule has 0 heterocycles. The summed E-state index contributed by atoms with van der Waals surface area (Å²) in [6.07, 6.45) is 1.18. The lowest BCUT2D eigenvalue weighted by Gasteiger charge is -2.24. The molecule has 0 saturated heterocycles. The molecule has 0 aliphatic rings. The third-order valence-electron chi connectivity index (χ3n) is 3.35. The van der Waals surface area contributed by atoms with Gasteiger partial charge < -0.3 is 21.5 Å². The largest absolute Gasteiger partial charge is 0.480 e. The Morgan fingerprint density at radius 2 is 1.88 bits per heavy atom. The van der Waals surface area contributed by atoms with Gasteiger partial charge in [-0.15, -0.1) is 0 Å². The number of likely N-dealkylation sites (N-methyl/N-ethyl adjacent to an activating group) is 2. The highest BCUT2D eigenvalue weighted by atomic mass is 16.4. The monoisotopic (exact) mass is 345 g/mol. The maximum Gasteiger partial charge on any atom is 0.319 e. The Balaban J connectivity index is 4.59. The van der Waals surface area contributed by atoms with Gasteiger partial charge in [0.05, 0.1) is 6.04 Å². The number of nitrogens with one attached hydrogen (secondary N) is 3. The summed E-state index contributed by atoms with van der Waals surface area (Å²) in [5.41, 5.74) is 8.01. The van der Waals surface area contributed by atoms with Gasteiger partial charge in [-0.2, -0.15) is 0 Å². The van der Waals surface area contributed by atoms with Gasteiger partial charge in [0, 0.05) is 19.5 Å². The van der Waals surface area contributed by atoms with Crippen LogP contribution in [0, 0.1) is 5.92 Å². The first-order valence-corrected chi connectivity index (χ1v) is 8.09. The zero-order chi connectivity index (χ0) is 18.7. The van der Waals surface area contributed by atoms with Crippen molar-refractivity contribution in [1.82, 2.24) is 21.1 Å². The molecule has 0 aliphatic carbocycles. The van der Waals surface area contributed by atoms with Crippen LogP contribution in [0.15, 0.2) is 0 Å². The number of nitrogens with two attached hydrogens (primary N) is 1. The van der Waals surface area contributed by atoms with Gasteiger partial charge in [0.25, 0.3) is 0 Å². The van der Waals surface area contributed by atoms with E-state index in [9.17, 15) is 14.4 Å². The average molecular weight is 345 g/mol. The predicted octanol–water partition coefficient (Wildman–Crippen LogP) is -1.11. The van der Waals surface area contributed by atoms with Crippen LogP contribution in [0.1, 0.15) is 33.1 Å². The number of nitrogens with zero attached hydrogens (tertiary/aromatic N) is 1. The van der Waals surface area contributed by atoms with Gasteiger partial charge in [0.15, 0.2) is 0 Å². The number of carboxylic acids is 1. The Hall–Kier alpha value is -1.71. The first kappa shape index (κ1) is 22.3. The van der Waals surface area contributed by atoms with Gasteiger partial charge in [-0.05, 0) is 32.4 Å². The minimum absolute atomic E-state index is 0.0327. The zero-order valence-electron chi connectivity index (χ0n) is 15.0. The number of rotatable bonds is 12. The summed E-state index contributed by atoms with van der Waals surface area (Å²) >= 11 is 0. The summed E-state index contributed by atoms with van der Waals surface area (Å²) in [5.74, 6) is -1.23. The third kappa shape index (κ3) is 10.1. The lowest BCUT2D eigenvalue weighted by Crippen LogP contribution is -2.50. The van der Waals surface area contributed by atoms with Crippen LogP contribution in [0.4, 0.5) is 0 Å². The van der Waals surface area contributed by atoms with Crippen molar-refractivity contribution in [1.29, 1.82) is 0 Å². The Bertz CT molecular complexity index is 417. The Morgan fingerprint density at radius 3 is 2.33 bits per heavy atom. The molecule has 9 heteroatoms. The second-order valence-electron chi connectivity index (χ2n) is 6.24. The van der Waals surface area contributed by atoms with Gasteiger partial charge in [0.2, 0.25) is 11.8 Å². The summed E-state index contributed by atoms with van der Waals surface area (Å²) < 4.78 is 0. The quantitative estimate of drug-likeness (QED) is 0.283. The van der Waals surface area contributed by atoms with E-state index in [-0.39, 0.29) is 30.8 Å². The van der Waals surface area contributed by atoms with Crippen LogP contribution in [0.5, 0.6) is 0 Å². The van der Waals surface area contributed by atoms with E-state index in [2.05, 4.69) is 16.1 Å². The van der Waals surface area contributed by atoms with E-state index in [0.29, 0.717) is 25.3 Å². The number of carbonyl (C=O) groups is 3. The van der Waals surface area contributed by atoms with E-state index < -0.39 is 12.0 Å². The fourth-order valence-electron chi connectivity index (χ4n) is 2.28. The lowest BCUT2D eigenvalue weighted by atomic mass is 10.0. The second kappa shape index (κ2) is 11.8. The van der Waals surface area contributed by atoms with E-state index in [1.165, 1.54) is 12.1 Å². The van der Waals surface area contributed by atoms with E-state index >= 15 is 0 Å². The molecule has 0 bridgehead atoms. The molecule has 2 atom stereocenters. The van der Waals surface area contributed by atoms with Crippen molar-refractivity contribution in [3.63, 3.8) is 0 Å². The molecule has 24 heavy (non-hydrogen) atoms. The minimum atomic E-state index is -1.05. The topological polar surface area (TPSA) is 137 Å².